The van der Waals surface area contributed by atoms with Crippen LogP contribution in [0, 0.1) is 10.1 Å². The SMILES string of the molecule is CC(=Nn1c(-c2cccc([N+](=O)[O-])c2)csc1=Nc1ccccc1)c1ccc(-n2ccnc2)cc1. The van der Waals surface area contributed by atoms with Crippen LogP contribution in [0.2, 0.25) is 0 Å². The Kier molecular flexibility index (Phi) is 6.15. The molecule has 5 rings (SSSR count). The quantitative estimate of drug-likeness (QED) is 0.174. The summed E-state index contributed by atoms with van der Waals surface area (Å²) in [6.45, 7) is 1.93. The number of para-hydroxylation sites is 1. The number of rotatable bonds is 6. The Bertz CT molecular complexity index is 1570. The van der Waals surface area contributed by atoms with E-state index in [4.69, 9.17) is 10.1 Å². The van der Waals surface area contributed by atoms with Crippen molar-refractivity contribution < 1.29 is 4.92 Å². The number of nitrogens with zero attached hydrogens (tertiary/aromatic N) is 6. The molecule has 0 atom stereocenters. The lowest BCUT2D eigenvalue weighted by Crippen LogP contribution is -2.13. The van der Waals surface area contributed by atoms with E-state index in [9.17, 15) is 10.1 Å². The van der Waals surface area contributed by atoms with Crippen molar-refractivity contribution in [3.05, 3.63) is 123 Å². The van der Waals surface area contributed by atoms with Gasteiger partial charge in [0.05, 0.1) is 28.3 Å². The highest BCUT2D eigenvalue weighted by atomic mass is 32.1. The maximum Gasteiger partial charge on any atom is 0.270 e. The first kappa shape index (κ1) is 22.2. The van der Waals surface area contributed by atoms with Gasteiger partial charge in [-0.25, -0.2) is 14.7 Å². The average Bonchev–Trinajstić information content (AvgIpc) is 3.56. The fourth-order valence-corrected chi connectivity index (χ4v) is 4.41. The number of benzene rings is 3. The van der Waals surface area contributed by atoms with E-state index in [0.717, 1.165) is 28.3 Å². The van der Waals surface area contributed by atoms with Crippen molar-refractivity contribution in [1.82, 2.24) is 14.2 Å². The molecule has 0 radical (unpaired) electrons. The van der Waals surface area contributed by atoms with E-state index in [-0.39, 0.29) is 5.69 Å². The number of imidazole rings is 1. The topological polar surface area (TPSA) is 90.6 Å². The normalized spacial score (nSPS) is 12.1. The third kappa shape index (κ3) is 4.85. The number of aromatic nitrogens is 3. The van der Waals surface area contributed by atoms with Crippen molar-refractivity contribution in [2.45, 2.75) is 6.92 Å². The van der Waals surface area contributed by atoms with E-state index >= 15 is 0 Å². The van der Waals surface area contributed by atoms with Crippen molar-refractivity contribution in [2.75, 3.05) is 0 Å². The molecule has 0 fully saturated rings. The summed E-state index contributed by atoms with van der Waals surface area (Å²) in [6, 6.07) is 24.2. The summed E-state index contributed by atoms with van der Waals surface area (Å²) in [6.07, 6.45) is 5.38. The van der Waals surface area contributed by atoms with Crippen LogP contribution in [0.3, 0.4) is 0 Å². The highest BCUT2D eigenvalue weighted by Gasteiger charge is 2.13. The zero-order chi connectivity index (χ0) is 24.2. The summed E-state index contributed by atoms with van der Waals surface area (Å²) in [5.41, 5.74) is 4.97. The molecule has 0 unspecified atom stereocenters. The monoisotopic (exact) mass is 480 g/mol. The average molecular weight is 481 g/mol. The molecule has 9 heteroatoms. The molecule has 0 saturated heterocycles. The van der Waals surface area contributed by atoms with Gasteiger partial charge in [0, 0.05) is 41.2 Å². The van der Waals surface area contributed by atoms with Gasteiger partial charge in [-0.15, -0.1) is 11.3 Å². The Balaban J connectivity index is 1.61. The van der Waals surface area contributed by atoms with Gasteiger partial charge in [0.2, 0.25) is 4.80 Å². The smallest absolute Gasteiger partial charge is 0.270 e. The lowest BCUT2D eigenvalue weighted by molar-refractivity contribution is -0.384. The molecule has 0 N–H and O–H groups in total. The van der Waals surface area contributed by atoms with E-state index in [1.807, 2.05) is 83.7 Å². The molecule has 0 amide bonds. The molecule has 0 spiro atoms. The first-order chi connectivity index (χ1) is 17.1. The largest absolute Gasteiger partial charge is 0.306 e. The number of nitro groups is 1. The van der Waals surface area contributed by atoms with E-state index in [2.05, 4.69) is 4.98 Å². The third-order valence-electron chi connectivity index (χ3n) is 5.36. The van der Waals surface area contributed by atoms with Gasteiger partial charge in [-0.3, -0.25) is 10.1 Å². The van der Waals surface area contributed by atoms with E-state index in [1.54, 1.807) is 29.3 Å². The van der Waals surface area contributed by atoms with Gasteiger partial charge in [-0.1, -0.05) is 42.5 Å². The Hall–Kier alpha value is -4.63. The van der Waals surface area contributed by atoms with Crippen LogP contribution in [-0.4, -0.2) is 24.9 Å². The Morgan fingerprint density at radius 3 is 2.54 bits per heavy atom. The molecule has 0 aliphatic heterocycles. The molecule has 5 aromatic rings. The minimum atomic E-state index is -0.397. The van der Waals surface area contributed by atoms with E-state index in [0.29, 0.717) is 10.4 Å². The lowest BCUT2D eigenvalue weighted by Gasteiger charge is -2.08. The number of thiazole rings is 1. The van der Waals surface area contributed by atoms with Crippen LogP contribution < -0.4 is 4.80 Å². The fourth-order valence-electron chi connectivity index (χ4n) is 3.56. The fraction of sp³-hybridized carbons (Fsp3) is 0.0385. The molecular formula is C26H20N6O2S. The first-order valence-corrected chi connectivity index (χ1v) is 11.7. The molecule has 3 aromatic carbocycles. The van der Waals surface area contributed by atoms with Gasteiger partial charge in [0.25, 0.3) is 5.69 Å². The van der Waals surface area contributed by atoms with Crippen LogP contribution in [-0.2, 0) is 0 Å². The van der Waals surface area contributed by atoms with Gasteiger partial charge >= 0.3 is 0 Å². The lowest BCUT2D eigenvalue weighted by atomic mass is 10.1. The summed E-state index contributed by atoms with van der Waals surface area (Å²) in [5, 5.41) is 18.1. The van der Waals surface area contributed by atoms with Crippen LogP contribution in [0.25, 0.3) is 16.9 Å². The van der Waals surface area contributed by atoms with Crippen LogP contribution in [0.5, 0.6) is 0 Å². The first-order valence-electron chi connectivity index (χ1n) is 10.8. The molecule has 0 saturated carbocycles. The van der Waals surface area contributed by atoms with Gasteiger partial charge in [0.15, 0.2) is 0 Å². The summed E-state index contributed by atoms with van der Waals surface area (Å²) in [7, 11) is 0. The molecule has 35 heavy (non-hydrogen) atoms. The van der Waals surface area contributed by atoms with E-state index < -0.39 is 4.92 Å². The standard InChI is InChI=1S/C26H20N6O2S/c1-19(20-10-12-23(13-11-20)30-15-14-27-18-30)29-31-25(21-6-5-9-24(16-21)32(33)34)17-35-26(31)28-22-7-3-2-4-8-22/h2-18H,1H3. The Morgan fingerprint density at radius 1 is 1.03 bits per heavy atom. The second-order valence-corrected chi connectivity index (χ2v) is 8.51. The summed E-state index contributed by atoms with van der Waals surface area (Å²) >= 11 is 1.43. The van der Waals surface area contributed by atoms with Crippen molar-refractivity contribution >= 4 is 28.4 Å². The van der Waals surface area contributed by atoms with Gasteiger partial charge < -0.3 is 4.57 Å². The second kappa shape index (κ2) is 9.70. The van der Waals surface area contributed by atoms with Gasteiger partial charge in [0.1, 0.15) is 0 Å². The second-order valence-electron chi connectivity index (χ2n) is 7.67. The van der Waals surface area contributed by atoms with Crippen molar-refractivity contribution in [1.29, 1.82) is 0 Å². The molecule has 2 heterocycles. The van der Waals surface area contributed by atoms with Crippen LogP contribution in [0.15, 0.2) is 113 Å². The van der Waals surface area contributed by atoms with Crippen LogP contribution in [0.1, 0.15) is 12.5 Å². The van der Waals surface area contributed by atoms with Crippen molar-refractivity contribution in [3.8, 4) is 16.9 Å². The van der Waals surface area contributed by atoms with Gasteiger partial charge in [-0.05, 0) is 36.8 Å². The molecule has 0 aliphatic rings. The van der Waals surface area contributed by atoms with Gasteiger partial charge in [-0.2, -0.15) is 5.10 Å². The maximum atomic E-state index is 11.3. The number of hydrogen-bond acceptors (Lipinski definition) is 6. The minimum absolute atomic E-state index is 0.0255. The van der Waals surface area contributed by atoms with Crippen LogP contribution in [0.4, 0.5) is 11.4 Å². The summed E-state index contributed by atoms with van der Waals surface area (Å²) in [5.74, 6) is 0. The van der Waals surface area contributed by atoms with Crippen molar-refractivity contribution in [3.63, 3.8) is 0 Å². The Labute approximate surface area is 205 Å². The van der Waals surface area contributed by atoms with Crippen molar-refractivity contribution in [2.24, 2.45) is 10.1 Å². The van der Waals surface area contributed by atoms with Crippen LogP contribution >= 0.6 is 11.3 Å². The molecule has 172 valence electrons. The molecule has 8 nitrogen and oxygen atoms in total. The highest BCUT2D eigenvalue weighted by Crippen LogP contribution is 2.25. The predicted molar refractivity (Wildman–Crippen MR) is 137 cm³/mol. The Morgan fingerprint density at radius 2 is 1.83 bits per heavy atom. The van der Waals surface area contributed by atoms with E-state index in [1.165, 1.54) is 17.4 Å². The third-order valence-corrected chi connectivity index (χ3v) is 6.17. The number of hydrogen-bond donors (Lipinski definition) is 0. The number of non-ortho nitro benzene ring substituents is 1. The predicted octanol–water partition coefficient (Wildman–Crippen LogP) is 5.82. The maximum absolute atomic E-state index is 11.3. The molecular weight excluding hydrogens is 460 g/mol. The highest BCUT2D eigenvalue weighted by molar-refractivity contribution is 7.07. The zero-order valence-corrected chi connectivity index (χ0v) is 19.5. The minimum Gasteiger partial charge on any atom is -0.306 e. The zero-order valence-electron chi connectivity index (χ0n) is 18.7. The molecule has 0 bridgehead atoms. The molecule has 2 aromatic heterocycles. The number of nitro benzene ring substituents is 1. The summed E-state index contributed by atoms with van der Waals surface area (Å²) in [4.78, 5) is 20.5. The molecule has 0 aliphatic carbocycles. The summed E-state index contributed by atoms with van der Waals surface area (Å²) < 4.78 is 3.68.